The van der Waals surface area contributed by atoms with Gasteiger partial charge < -0.3 is 24.7 Å². The number of methoxy groups -OCH3 is 2. The number of nitrogens with zero attached hydrogens (tertiary/aromatic N) is 3. The number of nitrogens with one attached hydrogen (secondary N) is 3. The first kappa shape index (κ1) is 22.4. The van der Waals surface area contributed by atoms with Gasteiger partial charge in [-0.2, -0.15) is 5.10 Å². The fraction of sp³-hybridized carbons (Fsp3) is 0.333. The second kappa shape index (κ2) is 9.47. The standard InChI is InChI=1S/C24H28N6O3S/c1-15-4-9-21(33-3)19(12-15)25-22(31)14-34-24-27-26-23-20-13-18(28-30(20)11-10-29(23)24)16-5-7-17(32-2)8-6-16/h4-12,18,20,23,26,28H,13-14H2,1-3H3,(H,25,31). The van der Waals surface area contributed by atoms with Gasteiger partial charge in [-0.1, -0.05) is 30.0 Å². The number of hydrazone groups is 1. The van der Waals surface area contributed by atoms with E-state index < -0.39 is 0 Å². The number of fused-ring (bicyclic) bond motifs is 3. The molecule has 3 unspecified atom stereocenters. The molecule has 5 rings (SSSR count). The van der Waals surface area contributed by atoms with Gasteiger partial charge in [0.2, 0.25) is 5.91 Å². The van der Waals surface area contributed by atoms with Crippen LogP contribution in [0.3, 0.4) is 0 Å². The number of amides is 1. The summed E-state index contributed by atoms with van der Waals surface area (Å²) in [6.45, 7) is 1.98. The number of amidine groups is 1. The number of benzene rings is 2. The van der Waals surface area contributed by atoms with Crippen LogP contribution in [0.25, 0.3) is 0 Å². The Morgan fingerprint density at radius 2 is 2.00 bits per heavy atom. The van der Waals surface area contributed by atoms with Crippen LogP contribution in [-0.2, 0) is 4.79 Å². The predicted octanol–water partition coefficient (Wildman–Crippen LogP) is 2.99. The molecule has 3 aliphatic heterocycles. The van der Waals surface area contributed by atoms with E-state index in [4.69, 9.17) is 9.47 Å². The highest BCUT2D eigenvalue weighted by molar-refractivity contribution is 8.14. The zero-order valence-corrected chi connectivity index (χ0v) is 20.1. The van der Waals surface area contributed by atoms with E-state index in [-0.39, 0.29) is 29.9 Å². The smallest absolute Gasteiger partial charge is 0.234 e. The molecule has 3 N–H and O–H groups in total. The summed E-state index contributed by atoms with van der Waals surface area (Å²) in [4.78, 5) is 14.7. The van der Waals surface area contributed by atoms with Gasteiger partial charge in [0.1, 0.15) is 17.7 Å². The Kier molecular flexibility index (Phi) is 6.25. The van der Waals surface area contributed by atoms with Crippen molar-refractivity contribution in [2.24, 2.45) is 5.10 Å². The minimum Gasteiger partial charge on any atom is -0.497 e. The molecule has 2 aromatic carbocycles. The molecule has 0 bridgehead atoms. The number of hydrogen-bond donors (Lipinski definition) is 3. The van der Waals surface area contributed by atoms with Gasteiger partial charge >= 0.3 is 0 Å². The Morgan fingerprint density at radius 1 is 1.18 bits per heavy atom. The molecule has 2 aromatic rings. The van der Waals surface area contributed by atoms with Gasteiger partial charge in [0.25, 0.3) is 0 Å². The molecule has 34 heavy (non-hydrogen) atoms. The van der Waals surface area contributed by atoms with Crippen LogP contribution >= 0.6 is 11.8 Å². The van der Waals surface area contributed by atoms with Crippen molar-refractivity contribution in [2.45, 2.75) is 31.6 Å². The fourth-order valence-corrected chi connectivity index (χ4v) is 5.21. The predicted molar refractivity (Wildman–Crippen MR) is 133 cm³/mol. The molecular weight excluding hydrogens is 452 g/mol. The molecule has 0 spiro atoms. The maximum absolute atomic E-state index is 12.6. The summed E-state index contributed by atoms with van der Waals surface area (Å²) >= 11 is 1.41. The molecule has 3 aliphatic rings. The summed E-state index contributed by atoms with van der Waals surface area (Å²) in [6, 6.07) is 14.3. The molecule has 1 fully saturated rings. The van der Waals surface area contributed by atoms with E-state index in [2.05, 4.69) is 43.3 Å². The van der Waals surface area contributed by atoms with Gasteiger partial charge in [-0.05, 0) is 48.7 Å². The van der Waals surface area contributed by atoms with Crippen LogP contribution in [-0.4, -0.2) is 53.2 Å². The van der Waals surface area contributed by atoms with Crippen LogP contribution in [0.15, 0.2) is 60.0 Å². The highest BCUT2D eigenvalue weighted by Gasteiger charge is 2.44. The summed E-state index contributed by atoms with van der Waals surface area (Å²) in [5.41, 5.74) is 9.77. The lowest BCUT2D eigenvalue weighted by molar-refractivity contribution is -0.113. The molecule has 3 heterocycles. The summed E-state index contributed by atoms with van der Waals surface area (Å²) in [5.74, 6) is 1.63. The van der Waals surface area contributed by atoms with Crippen molar-refractivity contribution in [2.75, 3.05) is 25.3 Å². The third-order valence-corrected chi connectivity index (χ3v) is 7.15. The molecule has 1 amide bonds. The number of rotatable bonds is 6. The van der Waals surface area contributed by atoms with Gasteiger partial charge in [-0.3, -0.25) is 10.2 Å². The van der Waals surface area contributed by atoms with Crippen LogP contribution in [0, 0.1) is 6.92 Å². The maximum Gasteiger partial charge on any atom is 0.234 e. The van der Waals surface area contributed by atoms with Gasteiger partial charge in [-0.15, -0.1) is 0 Å². The van der Waals surface area contributed by atoms with E-state index in [0.717, 1.165) is 22.9 Å². The Bertz CT molecular complexity index is 1120. The van der Waals surface area contributed by atoms with E-state index in [1.54, 1.807) is 14.2 Å². The molecule has 10 heteroatoms. The first-order chi connectivity index (χ1) is 16.6. The zero-order chi connectivity index (χ0) is 23.7. The van der Waals surface area contributed by atoms with Crippen LogP contribution in [0.5, 0.6) is 11.5 Å². The van der Waals surface area contributed by atoms with Crippen molar-refractivity contribution in [1.82, 2.24) is 20.8 Å². The number of hydrazine groups is 1. The molecule has 1 saturated heterocycles. The van der Waals surface area contributed by atoms with E-state index in [1.807, 2.05) is 49.7 Å². The quantitative estimate of drug-likeness (QED) is 0.582. The summed E-state index contributed by atoms with van der Waals surface area (Å²) in [6.07, 6.45) is 4.96. The van der Waals surface area contributed by atoms with Crippen molar-refractivity contribution in [3.63, 3.8) is 0 Å². The Balaban J connectivity index is 1.18. The second-order valence-electron chi connectivity index (χ2n) is 8.38. The first-order valence-electron chi connectivity index (χ1n) is 11.1. The van der Waals surface area contributed by atoms with Crippen LogP contribution in [0.1, 0.15) is 23.6 Å². The van der Waals surface area contributed by atoms with Crippen molar-refractivity contribution in [3.8, 4) is 11.5 Å². The number of hydrogen-bond acceptors (Lipinski definition) is 9. The largest absolute Gasteiger partial charge is 0.497 e. The Labute approximate surface area is 203 Å². The van der Waals surface area contributed by atoms with E-state index >= 15 is 0 Å². The molecule has 3 atom stereocenters. The van der Waals surface area contributed by atoms with Gasteiger partial charge in [0, 0.05) is 12.4 Å². The fourth-order valence-electron chi connectivity index (χ4n) is 4.44. The van der Waals surface area contributed by atoms with Gasteiger partial charge in [-0.25, -0.2) is 5.43 Å². The molecule has 0 aromatic heterocycles. The van der Waals surface area contributed by atoms with Crippen LogP contribution < -0.4 is 25.6 Å². The number of carbonyl (C=O) groups is 1. The van der Waals surface area contributed by atoms with E-state index in [9.17, 15) is 4.79 Å². The molecule has 178 valence electrons. The molecular formula is C24H28N6O3S. The highest BCUT2D eigenvalue weighted by Crippen LogP contribution is 2.35. The number of anilines is 1. The Hall–Kier alpha value is -3.37. The first-order valence-corrected chi connectivity index (χ1v) is 12.1. The normalized spacial score (nSPS) is 22.6. The Morgan fingerprint density at radius 3 is 2.76 bits per heavy atom. The van der Waals surface area contributed by atoms with E-state index in [0.29, 0.717) is 11.4 Å². The van der Waals surface area contributed by atoms with Crippen molar-refractivity contribution in [3.05, 3.63) is 66.0 Å². The molecule has 0 radical (unpaired) electrons. The number of thioether (sulfide) groups is 1. The van der Waals surface area contributed by atoms with E-state index in [1.165, 1.54) is 17.3 Å². The number of ether oxygens (including phenoxy) is 2. The number of carbonyl (C=O) groups excluding carboxylic acids is 1. The topological polar surface area (TPSA) is 90.5 Å². The summed E-state index contributed by atoms with van der Waals surface area (Å²) in [5, 5.41) is 10.4. The zero-order valence-electron chi connectivity index (χ0n) is 19.3. The van der Waals surface area contributed by atoms with Gasteiger partial charge in [0.15, 0.2) is 5.17 Å². The van der Waals surface area contributed by atoms with Crippen molar-refractivity contribution >= 4 is 28.5 Å². The monoisotopic (exact) mass is 480 g/mol. The minimum absolute atomic E-state index is 0.00294. The summed E-state index contributed by atoms with van der Waals surface area (Å²) < 4.78 is 10.6. The third-order valence-electron chi connectivity index (χ3n) is 6.18. The van der Waals surface area contributed by atoms with Crippen LogP contribution in [0.2, 0.25) is 0 Å². The van der Waals surface area contributed by atoms with Crippen molar-refractivity contribution < 1.29 is 14.3 Å². The number of aryl methyl sites for hydroxylation is 1. The second-order valence-corrected chi connectivity index (χ2v) is 9.32. The SMILES string of the molecule is COc1ccc(C2CC3C4NN=C(SCC(=O)Nc5cc(C)ccc5OC)N4C=CN3N2)cc1. The summed E-state index contributed by atoms with van der Waals surface area (Å²) in [7, 11) is 3.27. The molecule has 9 nitrogen and oxygen atoms in total. The third kappa shape index (κ3) is 4.38. The highest BCUT2D eigenvalue weighted by atomic mass is 32.2. The lowest BCUT2D eigenvalue weighted by Crippen LogP contribution is -2.54. The average Bonchev–Trinajstić information content (AvgIpc) is 3.47. The average molecular weight is 481 g/mol. The van der Waals surface area contributed by atoms with Crippen molar-refractivity contribution in [1.29, 1.82) is 0 Å². The lowest BCUT2D eigenvalue weighted by atomic mass is 10.00. The molecule has 0 aliphatic carbocycles. The maximum atomic E-state index is 12.6. The van der Waals surface area contributed by atoms with Crippen LogP contribution in [0.4, 0.5) is 5.69 Å². The lowest BCUT2D eigenvalue weighted by Gasteiger charge is -2.36. The molecule has 0 saturated carbocycles. The minimum atomic E-state index is -0.107. The van der Waals surface area contributed by atoms with Gasteiger partial charge in [0.05, 0.1) is 37.7 Å².